The van der Waals surface area contributed by atoms with Crippen molar-refractivity contribution in [2.75, 3.05) is 17.9 Å². The van der Waals surface area contributed by atoms with E-state index in [1.165, 1.54) is 18.2 Å². The molecule has 0 bridgehead atoms. The molecule has 0 radical (unpaired) electrons. The van der Waals surface area contributed by atoms with Gasteiger partial charge in [-0.25, -0.2) is 8.42 Å². The third-order valence-electron chi connectivity index (χ3n) is 5.12. The Morgan fingerprint density at radius 2 is 1.70 bits per heavy atom. The van der Waals surface area contributed by atoms with Gasteiger partial charge in [0, 0.05) is 28.8 Å². The number of sulfonamides is 1. The first-order valence-corrected chi connectivity index (χ1v) is 12.3. The van der Waals surface area contributed by atoms with Crippen LogP contribution in [0.2, 0.25) is 5.02 Å². The van der Waals surface area contributed by atoms with Gasteiger partial charge in [-0.2, -0.15) is 0 Å². The number of amides is 1. The van der Waals surface area contributed by atoms with E-state index >= 15 is 0 Å². The summed E-state index contributed by atoms with van der Waals surface area (Å²) in [4.78, 5) is 12.8. The first-order valence-electron chi connectivity index (χ1n) is 10.4. The standard InChI is InChI=1S/C24H23ClN2O5S/c1-16(17-6-8-19(25)9-7-17)26-24(28)18-4-2-5-20(14-18)27-33(29,30)21-10-11-22-23(15-21)32-13-3-12-31-22/h2,4-11,14-16,27H,3,12-13H2,1H3,(H,26,28). The van der Waals surface area contributed by atoms with Crippen LogP contribution in [0.4, 0.5) is 5.69 Å². The van der Waals surface area contributed by atoms with Gasteiger partial charge in [-0.15, -0.1) is 0 Å². The molecule has 0 aliphatic carbocycles. The zero-order valence-corrected chi connectivity index (χ0v) is 19.4. The van der Waals surface area contributed by atoms with Crippen molar-refractivity contribution in [3.05, 3.63) is 82.9 Å². The fourth-order valence-electron chi connectivity index (χ4n) is 3.36. The molecule has 1 amide bonds. The Morgan fingerprint density at radius 1 is 0.970 bits per heavy atom. The Kier molecular flexibility index (Phi) is 6.76. The van der Waals surface area contributed by atoms with E-state index in [1.807, 2.05) is 19.1 Å². The molecule has 0 spiro atoms. The summed E-state index contributed by atoms with van der Waals surface area (Å²) < 4.78 is 39.5. The lowest BCUT2D eigenvalue weighted by molar-refractivity contribution is 0.0940. The smallest absolute Gasteiger partial charge is 0.262 e. The van der Waals surface area contributed by atoms with Crippen molar-refractivity contribution in [1.29, 1.82) is 0 Å². The van der Waals surface area contributed by atoms with Crippen molar-refractivity contribution < 1.29 is 22.7 Å². The predicted molar refractivity (Wildman–Crippen MR) is 127 cm³/mol. The van der Waals surface area contributed by atoms with E-state index in [-0.39, 0.29) is 22.5 Å². The number of fused-ring (bicyclic) bond motifs is 1. The van der Waals surface area contributed by atoms with Gasteiger partial charge >= 0.3 is 0 Å². The molecule has 2 N–H and O–H groups in total. The number of hydrogen-bond donors (Lipinski definition) is 2. The molecule has 0 fully saturated rings. The Hall–Kier alpha value is -3.23. The lowest BCUT2D eigenvalue weighted by Gasteiger charge is -2.15. The predicted octanol–water partition coefficient (Wildman–Crippen LogP) is 4.79. The number of carbonyl (C=O) groups is 1. The van der Waals surface area contributed by atoms with Crippen molar-refractivity contribution in [1.82, 2.24) is 5.32 Å². The van der Waals surface area contributed by atoms with E-state index in [1.54, 1.807) is 36.4 Å². The highest BCUT2D eigenvalue weighted by atomic mass is 35.5. The molecule has 1 heterocycles. The average Bonchev–Trinajstić information content (AvgIpc) is 3.04. The van der Waals surface area contributed by atoms with Crippen molar-refractivity contribution in [2.45, 2.75) is 24.3 Å². The molecule has 9 heteroatoms. The molecular weight excluding hydrogens is 464 g/mol. The first-order chi connectivity index (χ1) is 15.8. The van der Waals surface area contributed by atoms with Gasteiger partial charge in [0.2, 0.25) is 0 Å². The topological polar surface area (TPSA) is 93.7 Å². The zero-order chi connectivity index (χ0) is 23.4. The van der Waals surface area contributed by atoms with Crippen LogP contribution in [0.3, 0.4) is 0 Å². The molecule has 4 rings (SSSR count). The number of ether oxygens (including phenoxy) is 2. The number of rotatable bonds is 6. The van der Waals surface area contributed by atoms with Crippen molar-refractivity contribution in [3.63, 3.8) is 0 Å². The largest absolute Gasteiger partial charge is 0.490 e. The molecule has 3 aromatic carbocycles. The molecule has 1 unspecified atom stereocenters. The quantitative estimate of drug-likeness (QED) is 0.522. The fraction of sp³-hybridized carbons (Fsp3) is 0.208. The van der Waals surface area contributed by atoms with Crippen LogP contribution in [0.25, 0.3) is 0 Å². The molecular formula is C24H23ClN2O5S. The summed E-state index contributed by atoms with van der Waals surface area (Å²) in [5, 5.41) is 3.52. The van der Waals surface area contributed by atoms with Crippen LogP contribution in [0.15, 0.2) is 71.6 Å². The second kappa shape index (κ2) is 9.72. The van der Waals surface area contributed by atoms with E-state index in [4.69, 9.17) is 21.1 Å². The third kappa shape index (κ3) is 5.58. The Balaban J connectivity index is 1.48. The second-order valence-electron chi connectivity index (χ2n) is 7.59. The highest BCUT2D eigenvalue weighted by molar-refractivity contribution is 7.92. The average molecular weight is 487 g/mol. The van der Waals surface area contributed by atoms with E-state index in [0.717, 1.165) is 12.0 Å². The van der Waals surface area contributed by atoms with Crippen molar-refractivity contribution >= 4 is 33.2 Å². The van der Waals surface area contributed by atoms with Crippen LogP contribution in [0, 0.1) is 0 Å². The number of anilines is 1. The molecule has 1 aliphatic heterocycles. The van der Waals surface area contributed by atoms with Crippen LogP contribution in [-0.2, 0) is 10.0 Å². The molecule has 7 nitrogen and oxygen atoms in total. The van der Waals surface area contributed by atoms with Gasteiger partial charge in [-0.3, -0.25) is 9.52 Å². The minimum Gasteiger partial charge on any atom is -0.490 e. The molecule has 172 valence electrons. The summed E-state index contributed by atoms with van der Waals surface area (Å²) in [6, 6.07) is 17.7. The SMILES string of the molecule is CC(NC(=O)c1cccc(NS(=O)(=O)c2ccc3c(c2)OCCCO3)c1)c1ccc(Cl)cc1. The second-order valence-corrected chi connectivity index (χ2v) is 9.71. The van der Waals surface area contributed by atoms with Crippen LogP contribution >= 0.6 is 11.6 Å². The van der Waals surface area contributed by atoms with Crippen molar-refractivity contribution in [3.8, 4) is 11.5 Å². The number of hydrogen-bond acceptors (Lipinski definition) is 5. The Morgan fingerprint density at radius 3 is 2.45 bits per heavy atom. The minimum absolute atomic E-state index is 0.0398. The molecule has 1 atom stereocenters. The van der Waals surface area contributed by atoms with Crippen LogP contribution < -0.4 is 19.5 Å². The zero-order valence-electron chi connectivity index (χ0n) is 17.9. The van der Waals surface area contributed by atoms with Crippen LogP contribution in [0.5, 0.6) is 11.5 Å². The van der Waals surface area contributed by atoms with Gasteiger partial charge in [-0.05, 0) is 55.0 Å². The van der Waals surface area contributed by atoms with Gasteiger partial charge in [0.05, 0.1) is 24.2 Å². The van der Waals surface area contributed by atoms with Gasteiger partial charge < -0.3 is 14.8 Å². The molecule has 0 saturated carbocycles. The first kappa shape index (κ1) is 22.9. The third-order valence-corrected chi connectivity index (χ3v) is 6.75. The van der Waals surface area contributed by atoms with Crippen LogP contribution in [-0.4, -0.2) is 27.5 Å². The molecule has 1 aliphatic rings. The van der Waals surface area contributed by atoms with Crippen molar-refractivity contribution in [2.24, 2.45) is 0 Å². The van der Waals surface area contributed by atoms with Gasteiger partial charge in [0.15, 0.2) is 11.5 Å². The summed E-state index contributed by atoms with van der Waals surface area (Å²) in [7, 11) is -3.90. The van der Waals surface area contributed by atoms with E-state index in [9.17, 15) is 13.2 Å². The molecule has 0 aromatic heterocycles. The fourth-order valence-corrected chi connectivity index (χ4v) is 4.55. The lowest BCUT2D eigenvalue weighted by Crippen LogP contribution is -2.26. The lowest BCUT2D eigenvalue weighted by atomic mass is 10.1. The highest BCUT2D eigenvalue weighted by Crippen LogP contribution is 2.32. The number of benzene rings is 3. The summed E-state index contributed by atoms with van der Waals surface area (Å²) in [6.07, 6.45) is 0.723. The van der Waals surface area contributed by atoms with E-state index in [2.05, 4.69) is 10.0 Å². The normalized spacial score (nSPS) is 14.1. The maximum atomic E-state index is 12.9. The summed E-state index contributed by atoms with van der Waals surface area (Å²) in [5.41, 5.74) is 1.50. The van der Waals surface area contributed by atoms with E-state index in [0.29, 0.717) is 35.3 Å². The maximum Gasteiger partial charge on any atom is 0.262 e. The molecule has 3 aromatic rings. The van der Waals surface area contributed by atoms with Gasteiger partial charge in [0.25, 0.3) is 15.9 Å². The van der Waals surface area contributed by atoms with Gasteiger partial charge in [0.1, 0.15) is 0 Å². The maximum absolute atomic E-state index is 12.9. The number of nitrogens with one attached hydrogen (secondary N) is 2. The monoisotopic (exact) mass is 486 g/mol. The molecule has 0 saturated heterocycles. The number of halogens is 1. The summed E-state index contributed by atoms with van der Waals surface area (Å²) in [5.74, 6) is 0.577. The summed E-state index contributed by atoms with van der Waals surface area (Å²) in [6.45, 7) is 2.83. The van der Waals surface area contributed by atoms with Gasteiger partial charge in [-0.1, -0.05) is 29.8 Å². The van der Waals surface area contributed by atoms with E-state index < -0.39 is 10.0 Å². The highest BCUT2D eigenvalue weighted by Gasteiger charge is 2.20. The minimum atomic E-state index is -3.90. The molecule has 33 heavy (non-hydrogen) atoms. The van der Waals surface area contributed by atoms with Crippen LogP contribution in [0.1, 0.15) is 35.3 Å². The summed E-state index contributed by atoms with van der Waals surface area (Å²) >= 11 is 5.92. The number of carbonyl (C=O) groups excluding carboxylic acids is 1. The Bertz CT molecular complexity index is 1260. The Labute approximate surface area is 197 Å².